The number of carbonyl (C=O) groups excluding carboxylic acids is 7. The summed E-state index contributed by atoms with van der Waals surface area (Å²) in [7, 11) is 1.69. The first-order valence-electron chi connectivity index (χ1n) is 22.7. The molecule has 3 aliphatic rings. The van der Waals surface area contributed by atoms with Gasteiger partial charge in [0.05, 0.1) is 17.1 Å². The predicted molar refractivity (Wildman–Crippen MR) is 241 cm³/mol. The highest BCUT2D eigenvalue weighted by Crippen LogP contribution is 2.31. The number of imidazole rings is 1. The van der Waals surface area contributed by atoms with Gasteiger partial charge in [-0.05, 0) is 74.1 Å². The molecule has 7 N–H and O–H groups in total. The molecule has 17 heteroatoms. The van der Waals surface area contributed by atoms with Gasteiger partial charge in [-0.15, -0.1) is 0 Å². The Labute approximate surface area is 377 Å². The van der Waals surface area contributed by atoms with Crippen molar-refractivity contribution in [3.8, 4) is 0 Å². The summed E-state index contributed by atoms with van der Waals surface area (Å²) in [4.78, 5) is 108. The third kappa shape index (κ3) is 10.7. The van der Waals surface area contributed by atoms with Crippen LogP contribution in [0.2, 0.25) is 0 Å². The summed E-state index contributed by atoms with van der Waals surface area (Å²) < 4.78 is 3.05. The van der Waals surface area contributed by atoms with E-state index in [2.05, 4.69) is 16.0 Å². The Balaban J connectivity index is 0.910. The number of amides is 7. The van der Waals surface area contributed by atoms with Crippen LogP contribution < -0.4 is 33.1 Å². The summed E-state index contributed by atoms with van der Waals surface area (Å²) in [6, 6.07) is 19.8. The first kappa shape index (κ1) is 46.4. The fraction of sp³-hybridized carbons (Fsp3) is 0.458. The number of hydrogen-bond donors (Lipinski definition) is 5. The zero-order valence-corrected chi connectivity index (χ0v) is 36.8. The van der Waals surface area contributed by atoms with Crippen molar-refractivity contribution < 1.29 is 33.6 Å². The zero-order chi connectivity index (χ0) is 46.2. The number of nitrogens with two attached hydrogens (primary N) is 2. The second-order valence-corrected chi connectivity index (χ2v) is 17.4. The largest absolute Gasteiger partial charge is 0.370 e. The summed E-state index contributed by atoms with van der Waals surface area (Å²) >= 11 is 0. The van der Waals surface area contributed by atoms with Gasteiger partial charge in [-0.2, -0.15) is 0 Å². The van der Waals surface area contributed by atoms with E-state index in [9.17, 15) is 38.4 Å². The third-order valence-electron chi connectivity index (χ3n) is 13.0. The quantitative estimate of drug-likeness (QED) is 0.0772. The van der Waals surface area contributed by atoms with Crippen molar-refractivity contribution in [3.05, 3.63) is 106 Å². The third-order valence-corrected chi connectivity index (χ3v) is 13.0. The van der Waals surface area contributed by atoms with E-state index in [4.69, 9.17) is 11.5 Å². The minimum absolute atomic E-state index is 0.0143. The predicted octanol–water partition coefficient (Wildman–Crippen LogP) is 2.39. The Morgan fingerprint density at radius 1 is 0.800 bits per heavy atom. The van der Waals surface area contributed by atoms with E-state index in [-0.39, 0.29) is 55.8 Å². The molecular formula is C48H59N9O8. The average Bonchev–Trinajstić information content (AvgIpc) is 3.83. The van der Waals surface area contributed by atoms with E-state index in [1.807, 2.05) is 78.9 Å². The van der Waals surface area contributed by atoms with Crippen LogP contribution in [0.25, 0.3) is 11.0 Å². The number of benzene rings is 3. The Hall–Kier alpha value is -6.62. The molecule has 4 heterocycles. The molecule has 5 atom stereocenters. The summed E-state index contributed by atoms with van der Waals surface area (Å²) in [6.07, 6.45) is 5.68. The summed E-state index contributed by atoms with van der Waals surface area (Å²) in [5.41, 5.74) is 15.7. The van der Waals surface area contributed by atoms with Crippen molar-refractivity contribution in [1.29, 1.82) is 0 Å². The molecule has 0 saturated carbocycles. The molecule has 7 amide bonds. The van der Waals surface area contributed by atoms with Gasteiger partial charge >= 0.3 is 5.69 Å². The molecule has 0 spiro atoms. The minimum atomic E-state index is -1.11. The standard InChI is InChI=1S/C48H59N9O8/c1-54-43-32(18-12-19-36(43)57(48(54)65)38-24-26-40(59)52-46(38)63)17-6-2-3-11-20-41(60)55-28-27-33-21-23-37(56(33)47(64)34(49)29-55)45(62)51-35(22-25-39(50)58)44(61)53-42(30-13-7-4-8-14-30)31-15-9-5-10-16-31/h4-5,7-10,12-16,18-19,33-35,37-38,42H,2-3,6,11,17,20-29,49H2,1H3,(H2,50,58)(H,51,62)(H,53,61)(H,52,59,63)/t33-,34+,35+,37+,38?/m1/s1. The normalized spacial score (nSPS) is 20.5. The average molecular weight is 890 g/mol. The van der Waals surface area contributed by atoms with Crippen molar-refractivity contribution in [3.63, 3.8) is 0 Å². The Bertz CT molecular complexity index is 2430. The van der Waals surface area contributed by atoms with Crippen LogP contribution in [-0.2, 0) is 47.0 Å². The van der Waals surface area contributed by atoms with Crippen LogP contribution in [0.4, 0.5) is 0 Å². The molecule has 65 heavy (non-hydrogen) atoms. The van der Waals surface area contributed by atoms with Crippen LogP contribution >= 0.6 is 0 Å². The lowest BCUT2D eigenvalue weighted by molar-refractivity contribution is -0.145. The van der Waals surface area contributed by atoms with Gasteiger partial charge < -0.3 is 31.9 Å². The topological polar surface area (TPSA) is 241 Å². The molecule has 344 valence electrons. The monoisotopic (exact) mass is 889 g/mol. The molecule has 0 radical (unpaired) electrons. The van der Waals surface area contributed by atoms with Gasteiger partial charge in [0, 0.05) is 45.4 Å². The molecule has 3 aliphatic heterocycles. The number of aromatic nitrogens is 2. The molecular weight excluding hydrogens is 831 g/mol. The van der Waals surface area contributed by atoms with E-state index in [1.54, 1.807) is 16.5 Å². The SMILES string of the molecule is Cn1c(=O)n(C2CCC(=O)NC2=O)c2cccc(CCCCCCC(=O)N3CC[C@H]4CC[C@@H](C(=O)N[C@@H](CCC(N)=O)C(=O)NC(c5ccccc5)c5ccccc5)N4C(=O)[C@@H](N)C3)c21. The number of primary amides is 1. The van der Waals surface area contributed by atoms with Crippen molar-refractivity contribution in [2.75, 3.05) is 13.1 Å². The number of unbranched alkanes of at least 4 members (excludes halogenated alkanes) is 3. The highest BCUT2D eigenvalue weighted by atomic mass is 16.2. The Kier molecular flexibility index (Phi) is 14.9. The van der Waals surface area contributed by atoms with Crippen LogP contribution in [-0.4, -0.2) is 97.5 Å². The summed E-state index contributed by atoms with van der Waals surface area (Å²) in [6.45, 7) is 0.390. The molecule has 7 rings (SSSR count). The maximum Gasteiger partial charge on any atom is 0.329 e. The number of nitrogens with zero attached hydrogens (tertiary/aromatic N) is 4. The Morgan fingerprint density at radius 2 is 1.49 bits per heavy atom. The number of fused-ring (bicyclic) bond motifs is 2. The maximum absolute atomic E-state index is 14.0. The summed E-state index contributed by atoms with van der Waals surface area (Å²) in [5, 5.41) is 8.23. The number of piperidine rings is 1. The number of nitrogens with one attached hydrogen (secondary N) is 3. The second-order valence-electron chi connectivity index (χ2n) is 17.4. The number of imide groups is 1. The van der Waals surface area contributed by atoms with Crippen LogP contribution in [0.1, 0.15) is 106 Å². The first-order valence-corrected chi connectivity index (χ1v) is 22.7. The van der Waals surface area contributed by atoms with E-state index < -0.39 is 59.7 Å². The number of aryl methyl sites for hydroxylation is 2. The van der Waals surface area contributed by atoms with Gasteiger partial charge in [-0.25, -0.2) is 4.79 Å². The molecule has 3 saturated heterocycles. The van der Waals surface area contributed by atoms with Gasteiger partial charge in [0.25, 0.3) is 0 Å². The van der Waals surface area contributed by atoms with E-state index >= 15 is 0 Å². The number of rotatable bonds is 17. The molecule has 3 fully saturated rings. The van der Waals surface area contributed by atoms with Crippen LogP contribution in [0.15, 0.2) is 83.7 Å². The highest BCUT2D eigenvalue weighted by molar-refractivity contribution is 6.00. The fourth-order valence-corrected chi connectivity index (χ4v) is 9.66. The molecule has 1 unspecified atom stereocenters. The minimum Gasteiger partial charge on any atom is -0.370 e. The lowest BCUT2D eigenvalue weighted by Crippen LogP contribution is -2.60. The maximum atomic E-state index is 14.0. The van der Waals surface area contributed by atoms with Crippen LogP contribution in [0.5, 0.6) is 0 Å². The number of carbonyl (C=O) groups is 7. The molecule has 0 bridgehead atoms. The number of hydrogen-bond acceptors (Lipinski definition) is 9. The molecule has 4 aromatic rings. The smallest absolute Gasteiger partial charge is 0.329 e. The van der Waals surface area contributed by atoms with Crippen molar-refractivity contribution in [2.45, 2.75) is 120 Å². The van der Waals surface area contributed by atoms with Gasteiger partial charge in [-0.3, -0.25) is 48.0 Å². The molecule has 1 aromatic heterocycles. The zero-order valence-electron chi connectivity index (χ0n) is 36.8. The van der Waals surface area contributed by atoms with Gasteiger partial charge in [0.15, 0.2) is 0 Å². The lowest BCUT2D eigenvalue weighted by Gasteiger charge is -2.37. The fourth-order valence-electron chi connectivity index (χ4n) is 9.66. The van der Waals surface area contributed by atoms with Crippen molar-refractivity contribution in [1.82, 2.24) is 34.9 Å². The first-order chi connectivity index (χ1) is 31.3. The van der Waals surface area contributed by atoms with Crippen molar-refractivity contribution >= 4 is 52.4 Å². The molecule has 17 nitrogen and oxygen atoms in total. The van der Waals surface area contributed by atoms with Crippen LogP contribution in [0, 0.1) is 0 Å². The van der Waals surface area contributed by atoms with Crippen LogP contribution in [0.3, 0.4) is 0 Å². The van der Waals surface area contributed by atoms with Gasteiger partial charge in [0.2, 0.25) is 41.4 Å². The number of para-hydroxylation sites is 1. The molecule has 3 aromatic carbocycles. The van der Waals surface area contributed by atoms with Gasteiger partial charge in [0.1, 0.15) is 24.2 Å². The Morgan fingerprint density at radius 3 is 2.17 bits per heavy atom. The summed E-state index contributed by atoms with van der Waals surface area (Å²) in [5.74, 6) is -2.97. The van der Waals surface area contributed by atoms with Crippen molar-refractivity contribution in [2.24, 2.45) is 18.5 Å². The molecule has 0 aliphatic carbocycles. The highest BCUT2D eigenvalue weighted by Gasteiger charge is 2.45. The van der Waals surface area contributed by atoms with E-state index in [1.165, 1.54) is 9.47 Å². The lowest BCUT2D eigenvalue weighted by atomic mass is 9.98. The second kappa shape index (κ2) is 20.9. The van der Waals surface area contributed by atoms with E-state index in [0.717, 1.165) is 41.5 Å². The van der Waals surface area contributed by atoms with Gasteiger partial charge in [-0.1, -0.05) is 85.6 Å². The van der Waals surface area contributed by atoms with E-state index in [0.29, 0.717) is 50.6 Å².